The summed E-state index contributed by atoms with van der Waals surface area (Å²) in [7, 11) is -2.06. The Hall–Kier alpha value is -2.73. The highest BCUT2D eigenvalue weighted by molar-refractivity contribution is 7.99. The number of amides is 1. The third kappa shape index (κ3) is 4.96. The monoisotopic (exact) mass is 488 g/mol. The van der Waals surface area contributed by atoms with Crippen LogP contribution in [-0.4, -0.2) is 60.2 Å². The molecular formula is C22H24N4O5S2. The zero-order chi connectivity index (χ0) is 23.6. The highest BCUT2D eigenvalue weighted by Gasteiger charge is 2.27. The minimum atomic E-state index is -3.67. The van der Waals surface area contributed by atoms with Gasteiger partial charge in [-0.15, -0.1) is 0 Å². The van der Waals surface area contributed by atoms with E-state index in [1.165, 1.54) is 14.9 Å². The predicted octanol–water partition coefficient (Wildman–Crippen LogP) is 1.99. The Morgan fingerprint density at radius 1 is 1.18 bits per heavy atom. The zero-order valence-corrected chi connectivity index (χ0v) is 19.9. The molecule has 1 fully saturated rings. The fraction of sp³-hybridized carbons (Fsp3) is 0.318. The molecular weight excluding hydrogens is 464 g/mol. The number of aromatic nitrogens is 2. The van der Waals surface area contributed by atoms with E-state index in [0.29, 0.717) is 48.1 Å². The van der Waals surface area contributed by atoms with Crippen molar-refractivity contribution in [2.45, 2.75) is 17.0 Å². The maximum Gasteiger partial charge on any atom is 0.261 e. The highest BCUT2D eigenvalue weighted by Crippen LogP contribution is 2.24. The molecule has 0 radical (unpaired) electrons. The van der Waals surface area contributed by atoms with Crippen LogP contribution in [0.2, 0.25) is 0 Å². The van der Waals surface area contributed by atoms with Gasteiger partial charge in [0.1, 0.15) is 0 Å². The summed E-state index contributed by atoms with van der Waals surface area (Å²) in [6.45, 7) is 3.11. The number of thioether (sulfide) groups is 1. The number of carbonyl (C=O) groups excluding carboxylic acids is 1. The number of nitrogens with zero attached hydrogens (tertiary/aromatic N) is 3. The van der Waals surface area contributed by atoms with Crippen molar-refractivity contribution in [3.8, 4) is 0 Å². The summed E-state index contributed by atoms with van der Waals surface area (Å²) in [5.41, 5.74) is 1.56. The number of para-hydroxylation sites is 1. The minimum Gasteiger partial charge on any atom is -0.379 e. The fourth-order valence-electron chi connectivity index (χ4n) is 3.48. The molecule has 0 unspecified atom stereocenters. The van der Waals surface area contributed by atoms with E-state index in [4.69, 9.17) is 4.74 Å². The number of fused-ring (bicyclic) bond motifs is 1. The lowest BCUT2D eigenvalue weighted by Crippen LogP contribution is -2.40. The van der Waals surface area contributed by atoms with Crippen molar-refractivity contribution in [1.82, 2.24) is 13.9 Å². The van der Waals surface area contributed by atoms with Crippen LogP contribution in [0.15, 0.2) is 57.3 Å². The van der Waals surface area contributed by atoms with E-state index >= 15 is 0 Å². The van der Waals surface area contributed by atoms with Gasteiger partial charge >= 0.3 is 0 Å². The summed E-state index contributed by atoms with van der Waals surface area (Å²) in [6, 6.07) is 11.7. The lowest BCUT2D eigenvalue weighted by molar-refractivity contribution is -0.113. The fourth-order valence-corrected chi connectivity index (χ4v) is 5.68. The molecule has 3 aromatic rings. The van der Waals surface area contributed by atoms with Gasteiger partial charge in [-0.05, 0) is 36.8 Å². The van der Waals surface area contributed by atoms with Gasteiger partial charge in [-0.25, -0.2) is 13.4 Å². The Balaban J connectivity index is 1.49. The van der Waals surface area contributed by atoms with Crippen molar-refractivity contribution in [2.24, 2.45) is 7.05 Å². The molecule has 1 aliphatic heterocycles. The molecule has 1 amide bonds. The van der Waals surface area contributed by atoms with Crippen molar-refractivity contribution < 1.29 is 17.9 Å². The standard InChI is InChI=1S/C22H24N4O5S2/c1-15-7-8-16(33(29,30)26-9-11-31-12-10-26)13-19(15)23-20(27)14-32-22-24-18-6-4-3-5-17(18)21(28)25(22)2/h3-8,13H,9-12,14H2,1-2H3,(H,23,27). The van der Waals surface area contributed by atoms with Crippen molar-refractivity contribution >= 4 is 44.3 Å². The van der Waals surface area contributed by atoms with Crippen molar-refractivity contribution in [3.63, 3.8) is 0 Å². The Morgan fingerprint density at radius 3 is 2.67 bits per heavy atom. The smallest absolute Gasteiger partial charge is 0.261 e. The van der Waals surface area contributed by atoms with E-state index in [-0.39, 0.29) is 22.1 Å². The number of carbonyl (C=O) groups is 1. The molecule has 0 bridgehead atoms. The van der Waals surface area contributed by atoms with Gasteiger partial charge in [-0.2, -0.15) is 4.31 Å². The Bertz CT molecular complexity index is 1360. The number of morpholine rings is 1. The van der Waals surface area contributed by atoms with E-state index in [2.05, 4.69) is 10.3 Å². The molecule has 1 N–H and O–H groups in total. The molecule has 0 saturated carbocycles. The molecule has 33 heavy (non-hydrogen) atoms. The molecule has 11 heteroatoms. The Kier molecular flexibility index (Phi) is 6.84. The summed E-state index contributed by atoms with van der Waals surface area (Å²) >= 11 is 1.14. The minimum absolute atomic E-state index is 0.0124. The van der Waals surface area contributed by atoms with Gasteiger partial charge in [0.05, 0.1) is 34.8 Å². The van der Waals surface area contributed by atoms with Gasteiger partial charge in [-0.3, -0.25) is 14.2 Å². The molecule has 1 aromatic heterocycles. The number of hydrogen-bond acceptors (Lipinski definition) is 7. The van der Waals surface area contributed by atoms with Crippen molar-refractivity contribution in [2.75, 3.05) is 37.4 Å². The van der Waals surface area contributed by atoms with Crippen LogP contribution in [0.3, 0.4) is 0 Å². The first-order valence-corrected chi connectivity index (χ1v) is 12.8. The molecule has 2 heterocycles. The first kappa shape index (κ1) is 23.4. The summed E-state index contributed by atoms with van der Waals surface area (Å²) in [5, 5.41) is 3.73. The van der Waals surface area contributed by atoms with Crippen LogP contribution in [0.5, 0.6) is 0 Å². The van der Waals surface area contributed by atoms with Gasteiger partial charge in [0.25, 0.3) is 5.56 Å². The maximum atomic E-state index is 12.9. The number of rotatable bonds is 6. The summed E-state index contributed by atoms with van der Waals surface area (Å²) in [5.74, 6) is -0.315. The van der Waals surface area contributed by atoms with Crippen LogP contribution >= 0.6 is 11.8 Å². The van der Waals surface area contributed by atoms with E-state index < -0.39 is 10.0 Å². The third-order valence-electron chi connectivity index (χ3n) is 5.37. The zero-order valence-electron chi connectivity index (χ0n) is 18.3. The number of anilines is 1. The van der Waals surface area contributed by atoms with Crippen molar-refractivity contribution in [1.29, 1.82) is 0 Å². The van der Waals surface area contributed by atoms with E-state index in [1.54, 1.807) is 50.4 Å². The summed E-state index contributed by atoms with van der Waals surface area (Å²) in [6.07, 6.45) is 0. The average Bonchev–Trinajstić information content (AvgIpc) is 2.82. The van der Waals surface area contributed by atoms with Gasteiger partial charge in [0, 0.05) is 25.8 Å². The molecule has 1 saturated heterocycles. The Labute approximate surface area is 195 Å². The molecule has 0 atom stereocenters. The van der Waals surface area contributed by atoms with Crippen LogP contribution < -0.4 is 10.9 Å². The quantitative estimate of drug-likeness (QED) is 0.417. The molecule has 2 aromatic carbocycles. The first-order chi connectivity index (χ1) is 15.8. The molecule has 4 rings (SSSR count). The van der Waals surface area contributed by atoms with E-state index in [1.807, 2.05) is 0 Å². The maximum absolute atomic E-state index is 12.9. The van der Waals surface area contributed by atoms with Crippen LogP contribution in [0.25, 0.3) is 10.9 Å². The van der Waals surface area contributed by atoms with Crippen molar-refractivity contribution in [3.05, 3.63) is 58.4 Å². The van der Waals surface area contributed by atoms with Crippen LogP contribution in [0, 0.1) is 6.92 Å². The van der Waals surface area contributed by atoms with E-state index in [9.17, 15) is 18.0 Å². The number of sulfonamides is 1. The topological polar surface area (TPSA) is 111 Å². The molecule has 9 nitrogen and oxygen atoms in total. The SMILES string of the molecule is Cc1ccc(S(=O)(=O)N2CCOCC2)cc1NC(=O)CSc1nc2ccccc2c(=O)n1C. The predicted molar refractivity (Wildman–Crippen MR) is 127 cm³/mol. The highest BCUT2D eigenvalue weighted by atomic mass is 32.2. The second-order valence-electron chi connectivity index (χ2n) is 7.61. The number of hydrogen-bond donors (Lipinski definition) is 1. The lowest BCUT2D eigenvalue weighted by Gasteiger charge is -2.26. The van der Waals surface area contributed by atoms with Crippen LogP contribution in [0.1, 0.15) is 5.56 Å². The summed E-state index contributed by atoms with van der Waals surface area (Å²) in [4.78, 5) is 29.8. The Morgan fingerprint density at radius 2 is 1.91 bits per heavy atom. The lowest BCUT2D eigenvalue weighted by atomic mass is 10.2. The molecule has 0 aliphatic carbocycles. The molecule has 174 valence electrons. The van der Waals surface area contributed by atoms with E-state index in [0.717, 1.165) is 17.3 Å². The molecule has 0 spiro atoms. The van der Waals surface area contributed by atoms with Gasteiger partial charge in [-0.1, -0.05) is 30.0 Å². The largest absolute Gasteiger partial charge is 0.379 e. The second-order valence-corrected chi connectivity index (χ2v) is 10.5. The normalized spacial score (nSPS) is 15.0. The van der Waals surface area contributed by atoms with Gasteiger partial charge < -0.3 is 10.1 Å². The summed E-state index contributed by atoms with van der Waals surface area (Å²) < 4.78 is 33.9. The van der Waals surface area contributed by atoms with Gasteiger partial charge in [0.15, 0.2) is 5.16 Å². The number of nitrogens with one attached hydrogen (secondary N) is 1. The average molecular weight is 489 g/mol. The third-order valence-corrected chi connectivity index (χ3v) is 8.29. The number of benzene rings is 2. The number of ether oxygens (including phenoxy) is 1. The number of aryl methyl sites for hydroxylation is 1. The second kappa shape index (κ2) is 9.64. The van der Waals surface area contributed by atoms with Gasteiger partial charge in [0.2, 0.25) is 15.9 Å². The first-order valence-electron chi connectivity index (χ1n) is 10.3. The van der Waals surface area contributed by atoms with Crippen LogP contribution in [-0.2, 0) is 26.6 Å². The van der Waals surface area contributed by atoms with Crippen LogP contribution in [0.4, 0.5) is 5.69 Å². The molecule has 1 aliphatic rings.